The fourth-order valence-electron chi connectivity index (χ4n) is 2.54. The summed E-state index contributed by atoms with van der Waals surface area (Å²) >= 11 is 3.23. The highest BCUT2D eigenvalue weighted by Crippen LogP contribution is 2.36. The Morgan fingerprint density at radius 2 is 1.76 bits per heavy atom. The maximum Gasteiger partial charge on any atom is 0.146 e. The number of hydrogen-bond donors (Lipinski definition) is 0. The van der Waals surface area contributed by atoms with Crippen molar-refractivity contribution in [1.29, 1.82) is 0 Å². The van der Waals surface area contributed by atoms with Crippen LogP contribution in [0, 0.1) is 12.7 Å². The van der Waals surface area contributed by atoms with E-state index in [2.05, 4.69) is 27.3 Å². The van der Waals surface area contributed by atoms with Crippen molar-refractivity contribution in [1.82, 2.24) is 15.2 Å². The van der Waals surface area contributed by atoms with Crippen LogP contribution < -0.4 is 0 Å². The summed E-state index contributed by atoms with van der Waals surface area (Å²) in [4.78, 5) is 4.65. The van der Waals surface area contributed by atoms with Gasteiger partial charge in [-0.2, -0.15) is 0 Å². The molecule has 0 fully saturated rings. The Bertz CT molecular complexity index is 1010. The lowest BCUT2D eigenvalue weighted by molar-refractivity contribution is 0.628. The first-order valence-electron chi connectivity index (χ1n) is 7.77. The predicted octanol–water partition coefficient (Wildman–Crippen LogP) is 5.49. The topological polar surface area (TPSA) is 38.7 Å². The molecule has 0 radical (unpaired) electrons. The summed E-state index contributed by atoms with van der Waals surface area (Å²) in [7, 11) is 0. The summed E-state index contributed by atoms with van der Waals surface area (Å²) in [5.41, 5.74) is 3.71. The molecule has 2 aromatic carbocycles. The Balaban J connectivity index is 1.72. The second kappa shape index (κ2) is 6.90. The van der Waals surface area contributed by atoms with Crippen LogP contribution in [0.3, 0.4) is 0 Å². The highest BCUT2D eigenvalue weighted by atomic mass is 32.2. The zero-order valence-corrected chi connectivity index (χ0v) is 15.1. The summed E-state index contributed by atoms with van der Waals surface area (Å²) in [6.45, 7) is 1.98. The van der Waals surface area contributed by atoms with Crippen molar-refractivity contribution in [2.45, 2.75) is 17.7 Å². The third-order valence-electron chi connectivity index (χ3n) is 3.73. The van der Waals surface area contributed by atoms with Crippen molar-refractivity contribution in [2.75, 3.05) is 0 Å². The summed E-state index contributed by atoms with van der Waals surface area (Å²) in [6, 6.07) is 16.6. The molecule has 0 aliphatic rings. The van der Waals surface area contributed by atoms with Crippen LogP contribution in [0.1, 0.15) is 10.6 Å². The lowest BCUT2D eigenvalue weighted by Crippen LogP contribution is -1.93. The third kappa shape index (κ3) is 3.41. The van der Waals surface area contributed by atoms with Crippen molar-refractivity contribution in [3.8, 4) is 11.3 Å². The van der Waals surface area contributed by atoms with Crippen molar-refractivity contribution in [2.24, 2.45) is 0 Å². The van der Waals surface area contributed by atoms with E-state index in [4.69, 9.17) is 0 Å². The first-order chi connectivity index (χ1) is 12.2. The number of aryl methyl sites for hydroxylation is 1. The minimum Gasteiger partial charge on any atom is -0.238 e. The number of thioether (sulfide) groups is 1. The van der Waals surface area contributed by atoms with Gasteiger partial charge in [-0.25, -0.2) is 9.37 Å². The van der Waals surface area contributed by atoms with Gasteiger partial charge in [0.2, 0.25) is 0 Å². The lowest BCUT2D eigenvalue weighted by atomic mass is 10.1. The number of nitrogens with zero attached hydrogens (tertiary/aromatic N) is 3. The van der Waals surface area contributed by atoms with E-state index in [-0.39, 0.29) is 5.82 Å². The van der Waals surface area contributed by atoms with E-state index in [1.165, 1.54) is 17.7 Å². The standard InChI is InChI=1S/C19H14FN3S2/c1-12-21-17-18(25-12)16(14-7-9-15(20)10-8-14)22-23-19(17)24-11-13-5-3-2-4-6-13/h2-10H,11H2,1H3. The summed E-state index contributed by atoms with van der Waals surface area (Å²) in [5.74, 6) is 0.556. The molecule has 0 spiro atoms. The highest BCUT2D eigenvalue weighted by Gasteiger charge is 2.16. The van der Waals surface area contributed by atoms with Crippen molar-refractivity contribution < 1.29 is 4.39 Å². The maximum atomic E-state index is 13.2. The van der Waals surface area contributed by atoms with Gasteiger partial charge in [0.25, 0.3) is 0 Å². The van der Waals surface area contributed by atoms with Crippen LogP contribution in [0.2, 0.25) is 0 Å². The molecule has 2 aromatic heterocycles. The van der Waals surface area contributed by atoms with E-state index >= 15 is 0 Å². The zero-order chi connectivity index (χ0) is 17.2. The van der Waals surface area contributed by atoms with Crippen LogP contribution in [0.4, 0.5) is 4.39 Å². The smallest absolute Gasteiger partial charge is 0.146 e. The molecule has 124 valence electrons. The van der Waals surface area contributed by atoms with Crippen molar-refractivity contribution >= 4 is 33.3 Å². The molecule has 4 rings (SSSR count). The first-order valence-corrected chi connectivity index (χ1v) is 9.57. The van der Waals surface area contributed by atoms with Gasteiger partial charge in [0, 0.05) is 11.3 Å². The van der Waals surface area contributed by atoms with E-state index in [1.807, 2.05) is 25.1 Å². The van der Waals surface area contributed by atoms with Gasteiger partial charge < -0.3 is 0 Å². The molecular weight excluding hydrogens is 353 g/mol. The molecule has 25 heavy (non-hydrogen) atoms. The van der Waals surface area contributed by atoms with Crippen LogP contribution in [0.5, 0.6) is 0 Å². The van der Waals surface area contributed by atoms with Crippen LogP contribution in [0.25, 0.3) is 21.5 Å². The predicted molar refractivity (Wildman–Crippen MR) is 101 cm³/mol. The van der Waals surface area contributed by atoms with Gasteiger partial charge in [-0.1, -0.05) is 42.1 Å². The molecule has 0 saturated carbocycles. The minimum atomic E-state index is -0.261. The summed E-state index contributed by atoms with van der Waals surface area (Å²) in [6.07, 6.45) is 0. The zero-order valence-electron chi connectivity index (χ0n) is 13.4. The monoisotopic (exact) mass is 367 g/mol. The van der Waals surface area contributed by atoms with Crippen LogP contribution >= 0.6 is 23.1 Å². The Kier molecular flexibility index (Phi) is 4.46. The average molecular weight is 367 g/mol. The van der Waals surface area contributed by atoms with Gasteiger partial charge in [0.1, 0.15) is 22.1 Å². The van der Waals surface area contributed by atoms with E-state index in [1.54, 1.807) is 35.2 Å². The van der Waals surface area contributed by atoms with Gasteiger partial charge >= 0.3 is 0 Å². The third-order valence-corrected chi connectivity index (χ3v) is 5.73. The Morgan fingerprint density at radius 3 is 2.52 bits per heavy atom. The quantitative estimate of drug-likeness (QED) is 0.447. The largest absolute Gasteiger partial charge is 0.238 e. The second-order valence-electron chi connectivity index (χ2n) is 5.55. The molecule has 3 nitrogen and oxygen atoms in total. The molecule has 0 unspecified atom stereocenters. The first kappa shape index (κ1) is 16.2. The van der Waals surface area contributed by atoms with Gasteiger partial charge in [0.05, 0.1) is 9.71 Å². The molecule has 0 amide bonds. The molecule has 0 aliphatic carbocycles. The average Bonchev–Trinajstić information content (AvgIpc) is 3.03. The Hall–Kier alpha value is -2.31. The number of aromatic nitrogens is 3. The van der Waals surface area contributed by atoms with E-state index in [0.717, 1.165) is 37.3 Å². The molecule has 0 N–H and O–H groups in total. The SMILES string of the molecule is Cc1nc2c(SCc3ccccc3)nnc(-c3ccc(F)cc3)c2s1. The molecule has 2 heterocycles. The van der Waals surface area contributed by atoms with Crippen molar-refractivity contribution in [3.05, 3.63) is 71.0 Å². The fourth-order valence-corrected chi connectivity index (χ4v) is 4.41. The Morgan fingerprint density at radius 1 is 1.00 bits per heavy atom. The molecule has 0 bridgehead atoms. The summed E-state index contributed by atoms with van der Waals surface area (Å²) in [5, 5.41) is 10.6. The molecule has 4 aromatic rings. The molecule has 0 saturated heterocycles. The molecule has 0 aliphatic heterocycles. The van der Waals surface area contributed by atoms with Gasteiger partial charge in [-0.15, -0.1) is 21.5 Å². The summed E-state index contributed by atoms with van der Waals surface area (Å²) < 4.78 is 14.2. The molecule has 0 atom stereocenters. The number of fused-ring (bicyclic) bond motifs is 1. The second-order valence-corrected chi connectivity index (χ2v) is 7.71. The minimum absolute atomic E-state index is 0.261. The van der Waals surface area contributed by atoms with E-state index < -0.39 is 0 Å². The maximum absolute atomic E-state index is 13.2. The van der Waals surface area contributed by atoms with Crippen molar-refractivity contribution in [3.63, 3.8) is 0 Å². The number of hydrogen-bond acceptors (Lipinski definition) is 5. The number of rotatable bonds is 4. The number of thiazole rings is 1. The van der Waals surface area contributed by atoms with E-state index in [9.17, 15) is 4.39 Å². The lowest BCUT2D eigenvalue weighted by Gasteiger charge is -2.05. The normalized spacial score (nSPS) is 11.1. The number of benzene rings is 2. The van der Waals surface area contributed by atoms with Gasteiger partial charge in [-0.05, 0) is 36.8 Å². The van der Waals surface area contributed by atoms with Gasteiger partial charge in [-0.3, -0.25) is 0 Å². The van der Waals surface area contributed by atoms with E-state index in [0.29, 0.717) is 0 Å². The molecule has 6 heteroatoms. The Labute approximate surface area is 153 Å². The molecular formula is C19H14FN3S2. The highest BCUT2D eigenvalue weighted by molar-refractivity contribution is 7.98. The fraction of sp³-hybridized carbons (Fsp3) is 0.105. The van der Waals surface area contributed by atoms with Crippen LogP contribution in [-0.4, -0.2) is 15.2 Å². The van der Waals surface area contributed by atoms with Gasteiger partial charge in [0.15, 0.2) is 0 Å². The van der Waals surface area contributed by atoms with Crippen LogP contribution in [-0.2, 0) is 5.75 Å². The number of halogens is 1. The van der Waals surface area contributed by atoms with Crippen LogP contribution in [0.15, 0.2) is 59.6 Å².